The molecule has 0 saturated heterocycles. The molecule has 0 aromatic carbocycles. The van der Waals surface area contributed by atoms with Crippen LogP contribution in [-0.4, -0.2) is 23.6 Å². The minimum Gasteiger partial charge on any atom is -0.434 e. The van der Waals surface area contributed by atoms with Gasteiger partial charge in [-0.05, 0) is 6.42 Å². The van der Waals surface area contributed by atoms with Gasteiger partial charge < -0.3 is 9.47 Å². The third-order valence-corrected chi connectivity index (χ3v) is 2.40. The third-order valence-electron chi connectivity index (χ3n) is 1.57. The van der Waals surface area contributed by atoms with Crippen molar-refractivity contribution < 1.29 is 19.1 Å². The minimum absolute atomic E-state index is 0.0821. The van der Waals surface area contributed by atoms with Crippen LogP contribution in [0.4, 0.5) is 4.79 Å². The molecular formula is C9H12O4S. The fourth-order valence-electron chi connectivity index (χ4n) is 0.852. The summed E-state index contributed by atoms with van der Waals surface area (Å²) in [6.45, 7) is 2.37. The lowest BCUT2D eigenvalue weighted by Gasteiger charge is -2.04. The molecule has 1 aliphatic rings. The Balaban J connectivity index is 2.20. The molecule has 0 spiro atoms. The summed E-state index contributed by atoms with van der Waals surface area (Å²) in [4.78, 5) is 21.7. The van der Waals surface area contributed by atoms with Crippen LogP contribution in [0.1, 0.15) is 19.8 Å². The van der Waals surface area contributed by atoms with Crippen LogP contribution >= 0.6 is 11.8 Å². The van der Waals surface area contributed by atoms with Crippen LogP contribution in [-0.2, 0) is 14.3 Å². The van der Waals surface area contributed by atoms with E-state index >= 15 is 0 Å². The molecule has 78 valence electrons. The predicted molar refractivity (Wildman–Crippen MR) is 52.9 cm³/mol. The molecular weight excluding hydrogens is 204 g/mol. The van der Waals surface area contributed by atoms with Crippen molar-refractivity contribution >= 4 is 23.0 Å². The fourth-order valence-corrected chi connectivity index (χ4v) is 1.49. The summed E-state index contributed by atoms with van der Waals surface area (Å²) in [5.74, 6) is 0.795. The van der Waals surface area contributed by atoms with Gasteiger partial charge in [0.05, 0.1) is 12.4 Å². The van der Waals surface area contributed by atoms with Crippen LogP contribution in [0.25, 0.3) is 0 Å². The van der Waals surface area contributed by atoms with Gasteiger partial charge in [0.1, 0.15) is 5.76 Å². The Kier molecular flexibility index (Phi) is 4.52. The van der Waals surface area contributed by atoms with Crippen LogP contribution in [0, 0.1) is 0 Å². The maximum atomic E-state index is 11.0. The first-order chi connectivity index (χ1) is 6.72. The number of carbonyl (C=O) groups excluding carboxylic acids is 2. The molecule has 0 saturated carbocycles. The Labute approximate surface area is 86.6 Å². The van der Waals surface area contributed by atoms with E-state index in [9.17, 15) is 9.59 Å². The van der Waals surface area contributed by atoms with Crippen molar-refractivity contribution in [2.24, 2.45) is 0 Å². The highest BCUT2D eigenvalue weighted by atomic mass is 32.2. The van der Waals surface area contributed by atoms with Crippen LogP contribution in [0.15, 0.2) is 11.8 Å². The van der Waals surface area contributed by atoms with Gasteiger partial charge in [0.15, 0.2) is 0 Å². The maximum Gasteiger partial charge on any atom is 0.513 e. The van der Waals surface area contributed by atoms with Gasteiger partial charge in [-0.1, -0.05) is 25.1 Å². The summed E-state index contributed by atoms with van der Waals surface area (Å²) < 4.78 is 9.54. The molecule has 0 aromatic heterocycles. The molecule has 0 aliphatic carbocycles. The first kappa shape index (κ1) is 11.1. The van der Waals surface area contributed by atoms with E-state index in [2.05, 4.69) is 0 Å². The molecule has 0 atom stereocenters. The van der Waals surface area contributed by atoms with Crippen molar-refractivity contribution in [1.82, 2.24) is 0 Å². The van der Waals surface area contributed by atoms with Crippen LogP contribution < -0.4 is 0 Å². The van der Waals surface area contributed by atoms with Crippen molar-refractivity contribution in [3.8, 4) is 0 Å². The molecule has 0 bridgehead atoms. The minimum atomic E-state index is -0.722. The average Bonchev–Trinajstić information content (AvgIpc) is 2.52. The van der Waals surface area contributed by atoms with Crippen molar-refractivity contribution in [3.63, 3.8) is 0 Å². The normalized spacial score (nSPS) is 15.2. The Morgan fingerprint density at radius 3 is 3.00 bits per heavy atom. The van der Waals surface area contributed by atoms with Gasteiger partial charge in [0, 0.05) is 6.08 Å². The van der Waals surface area contributed by atoms with E-state index in [1.807, 2.05) is 6.92 Å². The van der Waals surface area contributed by atoms with Crippen LogP contribution in [0.3, 0.4) is 0 Å². The van der Waals surface area contributed by atoms with Gasteiger partial charge in [0.25, 0.3) is 0 Å². The van der Waals surface area contributed by atoms with E-state index in [0.29, 0.717) is 18.1 Å². The van der Waals surface area contributed by atoms with Gasteiger partial charge >= 0.3 is 6.16 Å². The zero-order valence-corrected chi connectivity index (χ0v) is 8.76. The first-order valence-corrected chi connectivity index (χ1v) is 5.43. The number of hydrogen-bond acceptors (Lipinski definition) is 5. The summed E-state index contributed by atoms with van der Waals surface area (Å²) in [7, 11) is 0. The topological polar surface area (TPSA) is 52.6 Å². The maximum absolute atomic E-state index is 11.0. The van der Waals surface area contributed by atoms with Crippen LogP contribution in [0.5, 0.6) is 0 Å². The quantitative estimate of drug-likeness (QED) is 0.532. The molecule has 4 nitrogen and oxygen atoms in total. The van der Waals surface area contributed by atoms with Crippen molar-refractivity contribution in [1.29, 1.82) is 0 Å². The lowest BCUT2D eigenvalue weighted by atomic mass is 10.4. The largest absolute Gasteiger partial charge is 0.513 e. The monoisotopic (exact) mass is 216 g/mol. The molecule has 0 N–H and O–H groups in total. The Morgan fingerprint density at radius 1 is 1.64 bits per heavy atom. The zero-order valence-electron chi connectivity index (χ0n) is 7.95. The first-order valence-electron chi connectivity index (χ1n) is 4.44. The second-order valence-electron chi connectivity index (χ2n) is 2.77. The van der Waals surface area contributed by atoms with E-state index in [1.54, 1.807) is 0 Å². The predicted octanol–water partition coefficient (Wildman–Crippen LogP) is 2.10. The van der Waals surface area contributed by atoms with E-state index in [4.69, 9.17) is 9.47 Å². The molecule has 14 heavy (non-hydrogen) atoms. The number of thioether (sulfide) groups is 1. The Bertz CT molecular complexity index is 260. The average molecular weight is 216 g/mol. The molecule has 5 heteroatoms. The van der Waals surface area contributed by atoms with E-state index in [0.717, 1.165) is 24.6 Å². The van der Waals surface area contributed by atoms with Crippen molar-refractivity contribution in [2.75, 3.05) is 12.4 Å². The van der Waals surface area contributed by atoms with Crippen LogP contribution in [0.2, 0.25) is 0 Å². The summed E-state index contributed by atoms with van der Waals surface area (Å²) in [5, 5.41) is -0.0821. The van der Waals surface area contributed by atoms with E-state index in [1.165, 1.54) is 6.08 Å². The van der Waals surface area contributed by atoms with Gasteiger partial charge in [-0.3, -0.25) is 4.79 Å². The smallest absolute Gasteiger partial charge is 0.434 e. The van der Waals surface area contributed by atoms with Gasteiger partial charge in [0.2, 0.25) is 5.12 Å². The van der Waals surface area contributed by atoms with Gasteiger partial charge in [-0.2, -0.15) is 0 Å². The van der Waals surface area contributed by atoms with Gasteiger partial charge in [-0.25, -0.2) is 4.79 Å². The summed E-state index contributed by atoms with van der Waals surface area (Å²) in [6, 6.07) is 0. The van der Waals surface area contributed by atoms with Crippen molar-refractivity contribution in [2.45, 2.75) is 19.8 Å². The Hall–Kier alpha value is -0.970. The molecule has 0 fully saturated rings. The second-order valence-corrected chi connectivity index (χ2v) is 3.75. The molecule has 1 aliphatic heterocycles. The lowest BCUT2D eigenvalue weighted by molar-refractivity contribution is -0.106. The molecule has 0 amide bonds. The fraction of sp³-hybridized carbons (Fsp3) is 0.556. The summed E-state index contributed by atoms with van der Waals surface area (Å²) >= 11 is 1.11. The standard InChI is InChI=1S/C9H12O4S/c1-2-3-4-12-9(11)13-7-5-8(10)14-6-7/h5H,2-4,6H2,1H3. The molecule has 1 heterocycles. The number of carbonyl (C=O) groups is 2. The highest BCUT2D eigenvalue weighted by Gasteiger charge is 2.17. The number of ether oxygens (including phenoxy) is 2. The third kappa shape index (κ3) is 3.83. The van der Waals surface area contributed by atoms with E-state index in [-0.39, 0.29) is 5.12 Å². The second kappa shape index (κ2) is 5.70. The molecule has 0 unspecified atom stereocenters. The number of hydrogen-bond donors (Lipinski definition) is 0. The molecule has 0 radical (unpaired) electrons. The number of unbranched alkanes of at least 4 members (excludes halogenated alkanes) is 1. The summed E-state index contributed by atoms with van der Waals surface area (Å²) in [5.41, 5.74) is 0. The lowest BCUT2D eigenvalue weighted by Crippen LogP contribution is -2.08. The highest BCUT2D eigenvalue weighted by Crippen LogP contribution is 2.19. The SMILES string of the molecule is CCCCOC(=O)OC1=CC(=O)SC1. The Morgan fingerprint density at radius 2 is 2.43 bits per heavy atom. The molecule has 0 aromatic rings. The summed E-state index contributed by atoms with van der Waals surface area (Å²) in [6.07, 6.45) is 2.37. The highest BCUT2D eigenvalue weighted by molar-refractivity contribution is 8.14. The molecule has 1 rings (SSSR count). The van der Waals surface area contributed by atoms with Crippen molar-refractivity contribution in [3.05, 3.63) is 11.8 Å². The zero-order chi connectivity index (χ0) is 10.4. The van der Waals surface area contributed by atoms with Gasteiger partial charge in [-0.15, -0.1) is 0 Å². The van der Waals surface area contributed by atoms with E-state index < -0.39 is 6.16 Å². The number of rotatable bonds is 4.